The van der Waals surface area contributed by atoms with E-state index in [2.05, 4.69) is 20.1 Å². The number of carbonyl (C=O) groups is 1. The molecule has 1 aromatic carbocycles. The third-order valence-corrected chi connectivity index (χ3v) is 4.74. The van der Waals surface area contributed by atoms with E-state index < -0.39 is 0 Å². The van der Waals surface area contributed by atoms with E-state index in [1.165, 1.54) is 40.8 Å². The predicted molar refractivity (Wildman–Crippen MR) is 95.0 cm³/mol. The van der Waals surface area contributed by atoms with Gasteiger partial charge in [0, 0.05) is 12.4 Å². The zero-order chi connectivity index (χ0) is 17.9. The molecule has 3 heterocycles. The number of fused-ring (bicyclic) bond motifs is 1. The standard InChI is InChI=1S/C17H13FN6OS/c18-13-3-4-14-15(6-13)26-17(22-14)24(8-12-2-1-5-19-7-12)16(25)9-23-11-20-10-21-23/h1-7,10-11H,8-9H2. The van der Waals surface area contributed by atoms with E-state index in [-0.39, 0.29) is 18.3 Å². The van der Waals surface area contributed by atoms with Crippen molar-refractivity contribution in [3.63, 3.8) is 0 Å². The van der Waals surface area contributed by atoms with E-state index in [4.69, 9.17) is 0 Å². The minimum Gasteiger partial charge on any atom is -0.282 e. The van der Waals surface area contributed by atoms with E-state index in [0.717, 1.165) is 5.56 Å². The highest BCUT2D eigenvalue weighted by Gasteiger charge is 2.21. The van der Waals surface area contributed by atoms with Gasteiger partial charge in [0.25, 0.3) is 5.91 Å². The van der Waals surface area contributed by atoms with Crippen LogP contribution >= 0.6 is 11.3 Å². The van der Waals surface area contributed by atoms with Gasteiger partial charge in [-0.05, 0) is 29.8 Å². The molecule has 0 saturated carbocycles. The Morgan fingerprint density at radius 3 is 2.96 bits per heavy atom. The van der Waals surface area contributed by atoms with E-state index in [9.17, 15) is 9.18 Å². The number of pyridine rings is 1. The molecule has 0 aliphatic carbocycles. The number of hydrogen-bond donors (Lipinski definition) is 0. The normalized spacial score (nSPS) is 11.0. The van der Waals surface area contributed by atoms with Crippen molar-refractivity contribution in [2.45, 2.75) is 13.1 Å². The molecule has 0 radical (unpaired) electrons. The number of hydrogen-bond acceptors (Lipinski definition) is 6. The summed E-state index contributed by atoms with van der Waals surface area (Å²) < 4.78 is 15.6. The third-order valence-electron chi connectivity index (χ3n) is 3.70. The van der Waals surface area contributed by atoms with Gasteiger partial charge in [0.05, 0.1) is 16.8 Å². The van der Waals surface area contributed by atoms with E-state index in [0.29, 0.717) is 21.9 Å². The highest BCUT2D eigenvalue weighted by molar-refractivity contribution is 7.22. The predicted octanol–water partition coefficient (Wildman–Crippen LogP) is 2.66. The van der Waals surface area contributed by atoms with E-state index in [1.54, 1.807) is 23.4 Å². The lowest BCUT2D eigenvalue weighted by Gasteiger charge is -2.19. The van der Waals surface area contributed by atoms with Crippen LogP contribution in [0.25, 0.3) is 10.2 Å². The van der Waals surface area contributed by atoms with Crippen molar-refractivity contribution in [3.05, 3.63) is 66.8 Å². The molecular weight excluding hydrogens is 355 g/mol. The zero-order valence-corrected chi connectivity index (χ0v) is 14.3. The fraction of sp³-hybridized carbons (Fsp3) is 0.118. The van der Waals surface area contributed by atoms with Crippen molar-refractivity contribution < 1.29 is 9.18 Å². The molecule has 0 N–H and O–H groups in total. The number of thiazole rings is 1. The molecule has 0 bridgehead atoms. The zero-order valence-electron chi connectivity index (χ0n) is 13.5. The Morgan fingerprint density at radius 2 is 2.19 bits per heavy atom. The molecule has 4 rings (SSSR count). The molecule has 9 heteroatoms. The van der Waals surface area contributed by atoms with Gasteiger partial charge in [-0.1, -0.05) is 17.4 Å². The van der Waals surface area contributed by atoms with E-state index >= 15 is 0 Å². The number of halogens is 1. The lowest BCUT2D eigenvalue weighted by atomic mass is 10.2. The Balaban J connectivity index is 1.69. The number of nitrogens with zero attached hydrogens (tertiary/aromatic N) is 6. The van der Waals surface area contributed by atoms with Crippen LogP contribution in [0.15, 0.2) is 55.4 Å². The molecule has 130 valence electrons. The quantitative estimate of drug-likeness (QED) is 0.541. The molecule has 7 nitrogen and oxygen atoms in total. The van der Waals surface area contributed by atoms with Crippen LogP contribution in [0.5, 0.6) is 0 Å². The minimum atomic E-state index is -0.333. The van der Waals surface area contributed by atoms with Gasteiger partial charge in [-0.25, -0.2) is 19.0 Å². The molecule has 0 aliphatic rings. The first-order valence-electron chi connectivity index (χ1n) is 7.77. The van der Waals surface area contributed by atoms with Gasteiger partial charge in [-0.3, -0.25) is 14.7 Å². The van der Waals surface area contributed by atoms with Crippen LogP contribution in [0, 0.1) is 5.82 Å². The average molecular weight is 368 g/mol. The van der Waals surface area contributed by atoms with Crippen LogP contribution in [0.1, 0.15) is 5.56 Å². The Bertz CT molecular complexity index is 1030. The largest absolute Gasteiger partial charge is 0.282 e. The van der Waals surface area contributed by atoms with Gasteiger partial charge in [0.15, 0.2) is 5.13 Å². The Hall–Kier alpha value is -3.20. The topological polar surface area (TPSA) is 76.8 Å². The summed E-state index contributed by atoms with van der Waals surface area (Å²) in [6.45, 7) is 0.341. The van der Waals surface area contributed by atoms with Crippen molar-refractivity contribution in [2.75, 3.05) is 4.90 Å². The lowest BCUT2D eigenvalue weighted by Crippen LogP contribution is -2.33. The number of rotatable bonds is 5. The summed E-state index contributed by atoms with van der Waals surface area (Å²) >= 11 is 1.27. The minimum absolute atomic E-state index is 0.0323. The molecule has 0 saturated heterocycles. The highest BCUT2D eigenvalue weighted by Crippen LogP contribution is 2.30. The molecule has 0 fully saturated rings. The monoisotopic (exact) mass is 368 g/mol. The molecule has 0 unspecified atom stereocenters. The molecule has 0 spiro atoms. The number of benzene rings is 1. The van der Waals surface area contributed by atoms with Gasteiger partial charge >= 0.3 is 0 Å². The maximum absolute atomic E-state index is 13.5. The second kappa shape index (κ2) is 6.96. The average Bonchev–Trinajstić information content (AvgIpc) is 3.29. The van der Waals surface area contributed by atoms with Crippen molar-refractivity contribution in [3.8, 4) is 0 Å². The van der Waals surface area contributed by atoms with Gasteiger partial charge in [0.1, 0.15) is 25.0 Å². The summed E-state index contributed by atoms with van der Waals surface area (Å²) in [4.78, 5) is 26.9. The lowest BCUT2D eigenvalue weighted by molar-refractivity contribution is -0.119. The van der Waals surface area contributed by atoms with Crippen LogP contribution in [-0.4, -0.2) is 30.6 Å². The van der Waals surface area contributed by atoms with Crippen LogP contribution in [0.4, 0.5) is 9.52 Å². The summed E-state index contributed by atoms with van der Waals surface area (Å²) in [5, 5.41) is 4.47. The summed E-state index contributed by atoms with van der Waals surface area (Å²) in [6.07, 6.45) is 6.22. The fourth-order valence-electron chi connectivity index (χ4n) is 2.48. The first-order valence-corrected chi connectivity index (χ1v) is 8.58. The van der Waals surface area contributed by atoms with Gasteiger partial charge in [-0.15, -0.1) is 0 Å². The molecule has 1 amide bonds. The molecular formula is C17H13FN6OS. The summed E-state index contributed by atoms with van der Waals surface area (Å²) in [5.74, 6) is -0.528. The maximum Gasteiger partial charge on any atom is 0.250 e. The summed E-state index contributed by atoms with van der Waals surface area (Å²) in [7, 11) is 0. The van der Waals surface area contributed by atoms with Crippen LogP contribution in [0.3, 0.4) is 0 Å². The smallest absolute Gasteiger partial charge is 0.250 e. The van der Waals surface area contributed by atoms with Crippen molar-refractivity contribution >= 4 is 32.6 Å². The Labute approximate surface area is 151 Å². The van der Waals surface area contributed by atoms with Crippen LogP contribution in [-0.2, 0) is 17.9 Å². The first-order chi connectivity index (χ1) is 12.7. The number of carbonyl (C=O) groups excluding carboxylic acids is 1. The second-order valence-corrected chi connectivity index (χ2v) is 6.55. The van der Waals surface area contributed by atoms with E-state index in [1.807, 2.05) is 12.1 Å². The van der Waals surface area contributed by atoms with Crippen molar-refractivity contribution in [1.29, 1.82) is 0 Å². The molecule has 26 heavy (non-hydrogen) atoms. The number of amides is 1. The molecule has 3 aromatic heterocycles. The van der Waals surface area contributed by atoms with Gasteiger partial charge in [0.2, 0.25) is 0 Å². The van der Waals surface area contributed by atoms with Crippen molar-refractivity contribution in [2.24, 2.45) is 0 Å². The summed E-state index contributed by atoms with van der Waals surface area (Å²) in [6, 6.07) is 8.07. The molecule has 4 aromatic rings. The fourth-order valence-corrected chi connectivity index (χ4v) is 3.48. The first kappa shape index (κ1) is 16.3. The molecule has 0 atom stereocenters. The molecule has 0 aliphatic heterocycles. The Morgan fingerprint density at radius 1 is 1.27 bits per heavy atom. The second-order valence-electron chi connectivity index (χ2n) is 5.54. The summed E-state index contributed by atoms with van der Waals surface area (Å²) in [5.41, 5.74) is 1.51. The van der Waals surface area contributed by atoms with Gasteiger partial charge in [-0.2, -0.15) is 5.10 Å². The Kier molecular flexibility index (Phi) is 4.36. The maximum atomic E-state index is 13.5. The highest BCUT2D eigenvalue weighted by atomic mass is 32.1. The van der Waals surface area contributed by atoms with Crippen molar-refractivity contribution in [1.82, 2.24) is 24.7 Å². The number of aromatic nitrogens is 5. The SMILES string of the molecule is O=C(Cn1cncn1)N(Cc1cccnc1)c1nc2ccc(F)cc2s1. The number of anilines is 1. The third kappa shape index (κ3) is 3.42. The van der Waals surface area contributed by atoms with Crippen LogP contribution in [0.2, 0.25) is 0 Å². The van der Waals surface area contributed by atoms with Crippen LogP contribution < -0.4 is 4.90 Å². The van der Waals surface area contributed by atoms with Gasteiger partial charge < -0.3 is 0 Å².